The van der Waals surface area contributed by atoms with Gasteiger partial charge in [-0.15, -0.1) is 0 Å². The molecule has 35 heavy (non-hydrogen) atoms. The molecule has 1 atom stereocenters. The van der Waals surface area contributed by atoms with E-state index in [-0.39, 0.29) is 6.04 Å². The summed E-state index contributed by atoms with van der Waals surface area (Å²) < 4.78 is 11.3. The van der Waals surface area contributed by atoms with Crippen LogP contribution in [0.3, 0.4) is 0 Å². The highest BCUT2D eigenvalue weighted by Crippen LogP contribution is 2.39. The number of aryl methyl sites for hydroxylation is 1. The van der Waals surface area contributed by atoms with Gasteiger partial charge in [0, 0.05) is 17.3 Å². The Morgan fingerprint density at radius 3 is 2.51 bits per heavy atom. The molecule has 0 amide bonds. The third kappa shape index (κ3) is 4.42. The van der Waals surface area contributed by atoms with Crippen LogP contribution in [0, 0.1) is 0 Å². The van der Waals surface area contributed by atoms with Crippen LogP contribution in [0.5, 0.6) is 5.75 Å². The molecule has 1 aromatic heterocycles. The van der Waals surface area contributed by atoms with E-state index in [1.807, 2.05) is 66.4 Å². The molecule has 176 valence electrons. The molecule has 3 aromatic carbocycles. The second kappa shape index (κ2) is 9.72. The SMILES string of the molecule is CCc1ccc(-c2noc(C3=C(C)N(c4cccc(OC)c4)C(=S)NC3c3ccccc3)n2)cc1. The van der Waals surface area contributed by atoms with Crippen LogP contribution in [0.15, 0.2) is 89.1 Å². The van der Waals surface area contributed by atoms with E-state index in [9.17, 15) is 0 Å². The average Bonchev–Trinajstić information content (AvgIpc) is 3.39. The van der Waals surface area contributed by atoms with Crippen molar-refractivity contribution in [2.45, 2.75) is 26.3 Å². The number of anilines is 1. The molecule has 0 saturated carbocycles. The summed E-state index contributed by atoms with van der Waals surface area (Å²) in [6.45, 7) is 4.16. The summed E-state index contributed by atoms with van der Waals surface area (Å²) in [4.78, 5) is 6.78. The summed E-state index contributed by atoms with van der Waals surface area (Å²) in [7, 11) is 1.65. The first-order valence-corrected chi connectivity index (χ1v) is 11.9. The Bertz CT molecular complexity index is 1380. The quantitative estimate of drug-likeness (QED) is 0.330. The molecule has 1 aliphatic rings. The summed E-state index contributed by atoms with van der Waals surface area (Å²) in [6, 6.07) is 25.9. The van der Waals surface area contributed by atoms with E-state index in [1.165, 1.54) is 5.56 Å². The smallest absolute Gasteiger partial charge is 0.258 e. The van der Waals surface area contributed by atoms with Crippen molar-refractivity contribution in [1.82, 2.24) is 15.5 Å². The number of thiocarbonyl (C=S) groups is 1. The van der Waals surface area contributed by atoms with Crippen molar-refractivity contribution in [2.75, 3.05) is 12.0 Å². The van der Waals surface area contributed by atoms with Gasteiger partial charge >= 0.3 is 0 Å². The number of hydrogen-bond donors (Lipinski definition) is 1. The second-order valence-corrected chi connectivity index (χ2v) is 8.69. The maximum absolute atomic E-state index is 5.85. The normalized spacial score (nSPS) is 15.8. The van der Waals surface area contributed by atoms with Crippen molar-refractivity contribution in [3.05, 3.63) is 102 Å². The van der Waals surface area contributed by atoms with Crippen molar-refractivity contribution >= 4 is 28.6 Å². The molecule has 4 aromatic rings. The van der Waals surface area contributed by atoms with Crippen LogP contribution in [-0.4, -0.2) is 22.4 Å². The average molecular weight is 483 g/mol. The lowest BCUT2D eigenvalue weighted by Gasteiger charge is -2.37. The van der Waals surface area contributed by atoms with Crippen molar-refractivity contribution < 1.29 is 9.26 Å². The van der Waals surface area contributed by atoms with Crippen molar-refractivity contribution in [2.24, 2.45) is 0 Å². The molecule has 0 bridgehead atoms. The van der Waals surface area contributed by atoms with Crippen molar-refractivity contribution in [1.29, 1.82) is 0 Å². The first-order valence-electron chi connectivity index (χ1n) is 11.5. The first kappa shape index (κ1) is 22.8. The fraction of sp³-hybridized carbons (Fsp3) is 0.179. The van der Waals surface area contributed by atoms with Crippen LogP contribution in [0.2, 0.25) is 0 Å². The molecule has 0 fully saturated rings. The summed E-state index contributed by atoms with van der Waals surface area (Å²) in [5.41, 5.74) is 5.90. The number of nitrogens with zero attached hydrogens (tertiary/aromatic N) is 3. The van der Waals surface area contributed by atoms with Crippen LogP contribution in [0.1, 0.15) is 36.9 Å². The van der Waals surface area contributed by atoms with E-state index in [0.717, 1.165) is 40.3 Å². The predicted octanol–water partition coefficient (Wildman–Crippen LogP) is 6.17. The van der Waals surface area contributed by atoms with Gasteiger partial charge in [-0.05, 0) is 48.8 Å². The predicted molar refractivity (Wildman–Crippen MR) is 142 cm³/mol. The summed E-state index contributed by atoms with van der Waals surface area (Å²) >= 11 is 5.82. The zero-order chi connectivity index (χ0) is 24.4. The molecule has 1 aliphatic heterocycles. The maximum Gasteiger partial charge on any atom is 0.258 e. The van der Waals surface area contributed by atoms with Crippen molar-refractivity contribution in [3.8, 4) is 17.1 Å². The lowest BCUT2D eigenvalue weighted by molar-refractivity contribution is 0.404. The number of nitrogens with one attached hydrogen (secondary N) is 1. The molecule has 0 aliphatic carbocycles. The molecule has 0 radical (unpaired) electrons. The maximum atomic E-state index is 5.85. The molecule has 6 nitrogen and oxygen atoms in total. The third-order valence-electron chi connectivity index (χ3n) is 6.21. The van der Waals surface area contributed by atoms with E-state index in [0.29, 0.717) is 16.8 Å². The number of ether oxygens (including phenoxy) is 1. The number of benzene rings is 3. The fourth-order valence-corrected chi connectivity index (χ4v) is 4.68. The number of rotatable bonds is 6. The Morgan fingerprint density at radius 1 is 1.03 bits per heavy atom. The van der Waals surface area contributed by atoms with Crippen LogP contribution in [-0.2, 0) is 6.42 Å². The third-order valence-corrected chi connectivity index (χ3v) is 6.51. The molecule has 1 N–H and O–H groups in total. The first-order chi connectivity index (χ1) is 17.1. The molecular weight excluding hydrogens is 456 g/mol. The van der Waals surface area contributed by atoms with E-state index in [1.54, 1.807) is 7.11 Å². The van der Waals surface area contributed by atoms with Gasteiger partial charge in [0.25, 0.3) is 5.89 Å². The lowest BCUT2D eigenvalue weighted by atomic mass is 9.94. The van der Waals surface area contributed by atoms with Gasteiger partial charge < -0.3 is 14.6 Å². The van der Waals surface area contributed by atoms with Crippen LogP contribution in [0.4, 0.5) is 5.69 Å². The fourth-order valence-electron chi connectivity index (χ4n) is 4.32. The van der Waals surface area contributed by atoms with Gasteiger partial charge in [0.1, 0.15) is 5.75 Å². The van der Waals surface area contributed by atoms with Gasteiger partial charge in [-0.3, -0.25) is 4.90 Å². The molecule has 2 heterocycles. The van der Waals surface area contributed by atoms with Gasteiger partial charge in [-0.25, -0.2) is 0 Å². The van der Waals surface area contributed by atoms with Gasteiger partial charge in [0.2, 0.25) is 5.82 Å². The monoisotopic (exact) mass is 482 g/mol. The highest BCUT2D eigenvalue weighted by Gasteiger charge is 2.34. The van der Waals surface area contributed by atoms with E-state index in [4.69, 9.17) is 26.5 Å². The number of allylic oxidation sites excluding steroid dienone is 1. The number of hydrogen-bond acceptors (Lipinski definition) is 5. The number of methoxy groups -OCH3 is 1. The van der Waals surface area contributed by atoms with Crippen LogP contribution >= 0.6 is 12.2 Å². The van der Waals surface area contributed by atoms with Crippen molar-refractivity contribution in [3.63, 3.8) is 0 Å². The van der Waals surface area contributed by atoms with Crippen LogP contribution < -0.4 is 15.0 Å². The van der Waals surface area contributed by atoms with E-state index < -0.39 is 0 Å². The molecular formula is C28H26N4O2S. The lowest BCUT2D eigenvalue weighted by Crippen LogP contribution is -2.46. The molecule has 5 rings (SSSR count). The van der Waals surface area contributed by atoms with Gasteiger partial charge in [-0.2, -0.15) is 4.98 Å². The Balaban J connectivity index is 1.63. The largest absolute Gasteiger partial charge is 0.497 e. The standard InChI is InChI=1S/C28H26N4O2S/c1-4-19-13-15-21(16-14-19)26-30-27(34-31-26)24-18(2)32(22-11-8-12-23(17-22)33-3)28(35)29-25(24)20-9-6-5-7-10-20/h5-17,25H,4H2,1-3H3,(H,29,35). The highest BCUT2D eigenvalue weighted by atomic mass is 32.1. The minimum atomic E-state index is -0.235. The summed E-state index contributed by atoms with van der Waals surface area (Å²) in [5.74, 6) is 1.75. The van der Waals surface area contributed by atoms with E-state index >= 15 is 0 Å². The van der Waals surface area contributed by atoms with E-state index in [2.05, 4.69) is 41.7 Å². The number of aromatic nitrogens is 2. The molecule has 0 saturated heterocycles. The van der Waals surface area contributed by atoms with Gasteiger partial charge in [0.05, 0.1) is 24.4 Å². The Kier molecular flexibility index (Phi) is 6.33. The summed E-state index contributed by atoms with van der Waals surface area (Å²) in [6.07, 6.45) is 0.980. The molecule has 7 heteroatoms. The molecule has 1 unspecified atom stereocenters. The Morgan fingerprint density at radius 2 is 1.80 bits per heavy atom. The Hall–Kier alpha value is -3.97. The zero-order valence-electron chi connectivity index (χ0n) is 19.9. The Labute approximate surface area is 210 Å². The van der Waals surface area contributed by atoms with Crippen LogP contribution in [0.25, 0.3) is 17.0 Å². The zero-order valence-corrected chi connectivity index (χ0v) is 20.7. The minimum absolute atomic E-state index is 0.235. The van der Waals surface area contributed by atoms with Gasteiger partial charge in [0.15, 0.2) is 5.11 Å². The highest BCUT2D eigenvalue weighted by molar-refractivity contribution is 7.80. The topological polar surface area (TPSA) is 63.4 Å². The summed E-state index contributed by atoms with van der Waals surface area (Å²) in [5, 5.41) is 8.38. The van der Waals surface area contributed by atoms with Gasteiger partial charge in [-0.1, -0.05) is 72.7 Å². The second-order valence-electron chi connectivity index (χ2n) is 8.30. The molecule has 0 spiro atoms. The minimum Gasteiger partial charge on any atom is -0.497 e.